The number of carbonyl (C=O) groups excluding carboxylic acids is 8. The molecule has 0 aliphatic carbocycles. The smallest absolute Gasteiger partial charge is 1.00 e. The number of alkyl carbamates (subject to hydrolysis) is 4. The van der Waals surface area contributed by atoms with Gasteiger partial charge in [-0.1, -0.05) is 213 Å². The maximum atomic E-state index is 11.7. The third kappa shape index (κ3) is 171. The van der Waals surface area contributed by atoms with E-state index in [4.69, 9.17) is 56.9 Å². The molecule has 0 saturated carbocycles. The van der Waals surface area contributed by atoms with Gasteiger partial charge in [0.05, 0.1) is 27.2 Å². The van der Waals surface area contributed by atoms with Crippen LogP contribution in [0.25, 0.3) is 0 Å². The van der Waals surface area contributed by atoms with Crippen molar-refractivity contribution in [3.63, 3.8) is 0 Å². The van der Waals surface area contributed by atoms with Crippen molar-refractivity contribution in [2.24, 2.45) is 22.9 Å². The molecule has 0 aliphatic heterocycles. The fourth-order valence-corrected chi connectivity index (χ4v) is 11.7. The van der Waals surface area contributed by atoms with E-state index in [0.29, 0.717) is 39.0 Å². The van der Waals surface area contributed by atoms with Gasteiger partial charge in [0.25, 0.3) is 0 Å². The predicted octanol–water partition coefficient (Wildman–Crippen LogP) is 12.9. The summed E-state index contributed by atoms with van der Waals surface area (Å²) >= 11 is 0. The van der Waals surface area contributed by atoms with E-state index in [2.05, 4.69) is 81.9 Å². The zero-order chi connectivity index (χ0) is 97.1. The van der Waals surface area contributed by atoms with Crippen LogP contribution < -0.4 is 119 Å². The summed E-state index contributed by atoms with van der Waals surface area (Å²) in [6.07, 6.45) is 57.3. The molecule has 0 atom stereocenters. The van der Waals surface area contributed by atoms with Gasteiger partial charge >= 0.3 is 71.8 Å². The van der Waals surface area contributed by atoms with Crippen LogP contribution in [-0.2, 0) is 52.7 Å². The van der Waals surface area contributed by atoms with Crippen molar-refractivity contribution in [3.8, 4) is 0 Å². The Morgan fingerprint density at radius 1 is 0.302 bits per heavy atom. The Morgan fingerprint density at radius 3 is 0.729 bits per heavy atom. The SMILES string of the molecule is CC(=O)OOC(C)=O.CC(=O)[O-].CC(C)(C)OC(=O)NCCCCCC(=O)O.CC(C)(C)OC(=O)NCCCCCCN.CCCCCCCCCCNCCCCCCNC(=O)OC(C)(C)C.CCCCCCCCCCNCCCCCCNC(=O)OC(C)(C)C.CCCCCCCCCC[N+](C)(C)CCCNC(=O)CCCCCN.NCCCCCCN.[B].[I-].[Na+]. The second-order valence-electron chi connectivity index (χ2n) is 37.2. The maximum Gasteiger partial charge on any atom is 1.00 e. The molecular weight excluding hydrogens is 1770 g/mol. The molecule has 29 nitrogen and oxygen atoms in total. The first kappa shape index (κ1) is 148. The van der Waals surface area contributed by atoms with E-state index in [1.54, 1.807) is 20.8 Å². The molecular formula is C97H204BIN12NaO17. The van der Waals surface area contributed by atoms with Gasteiger partial charge in [0.1, 0.15) is 22.4 Å². The Morgan fingerprint density at radius 2 is 0.496 bits per heavy atom. The normalized spacial score (nSPS) is 10.7. The maximum absolute atomic E-state index is 11.7. The second kappa shape index (κ2) is 111. The van der Waals surface area contributed by atoms with Crippen molar-refractivity contribution in [2.75, 3.05) is 112 Å². The number of rotatable bonds is 67. The van der Waals surface area contributed by atoms with E-state index < -0.39 is 52.4 Å². The van der Waals surface area contributed by atoms with Gasteiger partial charge in [0, 0.05) is 80.2 Å². The number of halogens is 1. The molecule has 16 N–H and O–H groups in total. The summed E-state index contributed by atoms with van der Waals surface area (Å²) in [7, 11) is 4.63. The van der Waals surface area contributed by atoms with Gasteiger partial charge in [-0.05, 0) is 245 Å². The molecule has 0 bridgehead atoms. The average Bonchev–Trinajstić information content (AvgIpc) is 0.977. The van der Waals surface area contributed by atoms with Crippen molar-refractivity contribution in [2.45, 2.75) is 462 Å². The van der Waals surface area contributed by atoms with Crippen molar-refractivity contribution in [3.05, 3.63) is 0 Å². The third-order valence-corrected chi connectivity index (χ3v) is 18.3. The van der Waals surface area contributed by atoms with E-state index in [1.165, 1.54) is 199 Å². The number of hydrogen-bond acceptors (Lipinski definition) is 22. The molecule has 0 aliphatic rings. The summed E-state index contributed by atoms with van der Waals surface area (Å²) in [5.74, 6) is -2.94. The van der Waals surface area contributed by atoms with Crippen LogP contribution in [-0.4, -0.2) is 207 Å². The Bertz CT molecular complexity index is 2350. The summed E-state index contributed by atoms with van der Waals surface area (Å²) < 4.78 is 21.6. The Balaban J connectivity index is -0.000000143. The number of quaternary nitrogens is 1. The zero-order valence-corrected chi connectivity index (χ0v) is 91.1. The minimum Gasteiger partial charge on any atom is -1.00 e. The number of carbonyl (C=O) groups is 9. The first-order chi connectivity index (χ1) is 59.5. The third-order valence-electron chi connectivity index (χ3n) is 18.3. The molecule has 0 saturated heterocycles. The predicted molar refractivity (Wildman–Crippen MR) is 525 cm³/mol. The summed E-state index contributed by atoms with van der Waals surface area (Å²) in [5.41, 5.74) is 19.7. The minimum atomic E-state index is -1.08. The molecule has 0 spiro atoms. The Hall–Kier alpha value is -4.06. The molecule has 0 fully saturated rings. The fourth-order valence-electron chi connectivity index (χ4n) is 11.7. The van der Waals surface area contributed by atoms with Crippen LogP contribution in [0.2, 0.25) is 0 Å². The number of carboxylic acids is 2. The zero-order valence-electron chi connectivity index (χ0n) is 86.9. The number of hydrogen-bond donors (Lipinski definition) is 12. The van der Waals surface area contributed by atoms with Crippen LogP contribution in [0.15, 0.2) is 0 Å². The largest absolute Gasteiger partial charge is 1.00 e. The van der Waals surface area contributed by atoms with Crippen LogP contribution in [0, 0.1) is 0 Å². The van der Waals surface area contributed by atoms with Crippen molar-refractivity contribution in [1.82, 2.24) is 37.2 Å². The number of nitrogens with zero attached hydrogens (tertiary/aromatic N) is 1. The summed E-state index contributed by atoms with van der Waals surface area (Å²) in [4.78, 5) is 103. The molecule has 0 unspecified atom stereocenters. The van der Waals surface area contributed by atoms with E-state index in [9.17, 15) is 38.4 Å². The Labute approximate surface area is 831 Å². The summed E-state index contributed by atoms with van der Waals surface area (Å²) in [6.45, 7) is 45.9. The van der Waals surface area contributed by atoms with Crippen LogP contribution in [0.1, 0.15) is 439 Å². The van der Waals surface area contributed by atoms with Crippen molar-refractivity contribution >= 4 is 62.6 Å². The van der Waals surface area contributed by atoms with E-state index in [-0.39, 0.29) is 92.6 Å². The molecule has 0 heterocycles. The monoisotopic (exact) mass is 1970 g/mol. The molecule has 129 heavy (non-hydrogen) atoms. The van der Waals surface area contributed by atoms with Gasteiger partial charge in [-0.15, -0.1) is 0 Å². The van der Waals surface area contributed by atoms with Crippen LogP contribution >= 0.6 is 0 Å². The van der Waals surface area contributed by atoms with Gasteiger partial charge in [0.15, 0.2) is 0 Å². The first-order valence-corrected chi connectivity index (χ1v) is 49.4. The van der Waals surface area contributed by atoms with Gasteiger partial charge in [-0.2, -0.15) is 0 Å². The number of ether oxygens (including phenoxy) is 4. The molecule has 32 heteroatoms. The van der Waals surface area contributed by atoms with Crippen LogP contribution in [0.5, 0.6) is 0 Å². The van der Waals surface area contributed by atoms with Gasteiger partial charge in [-0.25, -0.2) is 38.5 Å². The standard InChI is InChI=1S/C21H45N3O.2C21H44N2O2.C11H24N2O2.C11H21NO4.C6H16N2.C4H6O4.C2H4O2.B.HI.Na/c1-4-5-6-7-8-9-10-14-19-24(2,3)20-15-18-23-21(25)16-12-11-13-17-22;2*1-5-6-7-8-9-10-11-14-17-22-18-15-12-13-16-19-23-20(24)25-21(2,3)4;1-11(2,3)15-10(14)13-9-7-5-4-6-8-12;1-11(2,3)16-10(15)12-8-6-4-5-7-9(13)14;7-5-3-1-2-4-6-8;1-3(5)7-8-4(2)6;1-2(3)4;;;/h4-20,22H2,1-3H3;2*22H,5-19H2,1-4H3,(H,23,24);4-9,12H2,1-3H3,(H,13,14);4-8H2,1-3H3,(H,12,15)(H,13,14);1-8H2;1-2H3;1H3,(H,3,4);;1H;/q;;;;;;;;;;+1/p-1. The molecule has 0 rings (SSSR count). The molecule has 0 aromatic heterocycles. The fraction of sp³-hybridized carbons (Fsp3) is 0.907. The quantitative estimate of drug-likeness (QED) is 0.00512. The van der Waals surface area contributed by atoms with Gasteiger partial charge in [0.2, 0.25) is 5.91 Å². The summed E-state index contributed by atoms with van der Waals surface area (Å²) in [6, 6.07) is 0. The molecule has 0 aromatic carbocycles. The number of aliphatic carboxylic acids is 2. The molecule has 765 valence electrons. The van der Waals surface area contributed by atoms with E-state index in [0.717, 1.165) is 193 Å². The topological polar surface area (TPSA) is 441 Å². The molecule has 5 amide bonds. The molecule has 0 aromatic rings. The van der Waals surface area contributed by atoms with Gasteiger partial charge in [-0.3, -0.25) is 9.59 Å². The van der Waals surface area contributed by atoms with Crippen molar-refractivity contribution < 1.29 is 140 Å². The number of nitrogens with two attached hydrogens (primary N) is 4. The number of amides is 5. The first-order valence-electron chi connectivity index (χ1n) is 49.4. The number of nitrogens with one attached hydrogen (secondary N) is 7. The van der Waals surface area contributed by atoms with Crippen LogP contribution in [0.3, 0.4) is 0 Å². The van der Waals surface area contributed by atoms with Gasteiger partial charge < -0.3 is 123 Å². The van der Waals surface area contributed by atoms with Crippen molar-refractivity contribution in [1.29, 1.82) is 0 Å². The van der Waals surface area contributed by atoms with E-state index >= 15 is 0 Å². The summed E-state index contributed by atoms with van der Waals surface area (Å²) in [5, 5.41) is 38.4. The molecule has 3 radical (unpaired) electrons. The van der Waals surface area contributed by atoms with Crippen LogP contribution in [0.4, 0.5) is 19.2 Å². The average molecular weight is 1970 g/mol. The Kier molecular flexibility index (Phi) is 127. The second-order valence-corrected chi connectivity index (χ2v) is 37.2. The van der Waals surface area contributed by atoms with E-state index in [1.807, 2.05) is 62.3 Å². The minimum absolute atomic E-state index is 0. The number of carboxylic acid groups (broad SMARTS) is 2. The number of unbranched alkanes of at least 4 members (excludes halogenated alkanes) is 37.